The number of hydrogen-bond acceptors (Lipinski definition) is 7. The SMILES string of the molecule is CCN=NN(c1ccc(Cl)cc1Cl)c1ccc(S(=O)(=O)[O-])cc1C(=O)[O-].[Na+].[Na+]. The first kappa shape index (κ1) is 27.8. The number of nitrogens with zero attached hydrogens (tertiary/aromatic N) is 3. The van der Waals surface area contributed by atoms with E-state index in [4.69, 9.17) is 23.2 Å². The Labute approximate surface area is 216 Å². The zero-order chi connectivity index (χ0) is 19.5. The zero-order valence-electron chi connectivity index (χ0n) is 15.2. The van der Waals surface area contributed by atoms with Crippen molar-refractivity contribution in [3.8, 4) is 0 Å². The van der Waals surface area contributed by atoms with Gasteiger partial charge in [-0.3, -0.25) is 0 Å². The van der Waals surface area contributed by atoms with Gasteiger partial charge in [0.1, 0.15) is 10.1 Å². The van der Waals surface area contributed by atoms with Gasteiger partial charge in [-0.2, -0.15) is 5.11 Å². The number of halogens is 2. The number of hydrogen-bond donors (Lipinski definition) is 0. The van der Waals surface area contributed by atoms with Gasteiger partial charge in [0.2, 0.25) is 0 Å². The predicted molar refractivity (Wildman–Crippen MR) is 92.7 cm³/mol. The van der Waals surface area contributed by atoms with Gasteiger partial charge in [0, 0.05) is 10.6 Å². The number of carbonyl (C=O) groups is 1. The molecule has 0 aliphatic heterocycles. The number of anilines is 2. The number of aromatic carboxylic acids is 1. The van der Waals surface area contributed by atoms with Crippen LogP contribution in [0.5, 0.6) is 0 Å². The first-order valence-electron chi connectivity index (χ1n) is 7.09. The molecule has 2 aromatic rings. The molecule has 0 amide bonds. The fourth-order valence-electron chi connectivity index (χ4n) is 2.02. The number of carboxylic acid groups (broad SMARTS) is 1. The largest absolute Gasteiger partial charge is 1.00 e. The van der Waals surface area contributed by atoms with Gasteiger partial charge in [-0.05, 0) is 43.3 Å². The van der Waals surface area contributed by atoms with Gasteiger partial charge in [0.05, 0.1) is 33.8 Å². The van der Waals surface area contributed by atoms with Crippen LogP contribution in [0, 0.1) is 0 Å². The molecule has 0 aliphatic carbocycles. The number of carbonyl (C=O) groups excluding carboxylic acids is 1. The minimum absolute atomic E-state index is 0. The third-order valence-corrected chi connectivity index (χ3v) is 4.51. The molecule has 13 heteroatoms. The molecule has 0 saturated heterocycles. The van der Waals surface area contributed by atoms with Crippen molar-refractivity contribution in [1.82, 2.24) is 0 Å². The second-order valence-electron chi connectivity index (χ2n) is 4.88. The fourth-order valence-corrected chi connectivity index (χ4v) is 3.01. The second-order valence-corrected chi connectivity index (χ2v) is 7.10. The van der Waals surface area contributed by atoms with Crippen LogP contribution in [0.1, 0.15) is 17.3 Å². The molecule has 0 aromatic heterocycles. The van der Waals surface area contributed by atoms with Crippen LogP contribution in [-0.4, -0.2) is 25.5 Å². The molecular formula is C15H11Cl2N3Na2O5S. The maximum Gasteiger partial charge on any atom is 1.00 e. The van der Waals surface area contributed by atoms with Crippen molar-refractivity contribution in [3.05, 3.63) is 52.0 Å². The zero-order valence-corrected chi connectivity index (χ0v) is 21.5. The van der Waals surface area contributed by atoms with E-state index >= 15 is 0 Å². The minimum Gasteiger partial charge on any atom is -0.744 e. The molecule has 8 nitrogen and oxygen atoms in total. The molecule has 0 bridgehead atoms. The summed E-state index contributed by atoms with van der Waals surface area (Å²) in [6.07, 6.45) is 0. The van der Waals surface area contributed by atoms with E-state index < -0.39 is 26.5 Å². The Morgan fingerprint density at radius 1 is 1.11 bits per heavy atom. The van der Waals surface area contributed by atoms with Crippen LogP contribution in [0.2, 0.25) is 10.0 Å². The van der Waals surface area contributed by atoms with Gasteiger partial charge in [-0.1, -0.05) is 28.4 Å². The Bertz CT molecular complexity index is 990. The van der Waals surface area contributed by atoms with Gasteiger partial charge in [-0.15, -0.1) is 0 Å². The first-order chi connectivity index (χ1) is 12.1. The van der Waals surface area contributed by atoms with Crippen molar-refractivity contribution in [3.63, 3.8) is 0 Å². The molecule has 0 radical (unpaired) electrons. The normalized spacial score (nSPS) is 10.9. The predicted octanol–water partition coefficient (Wildman–Crippen LogP) is -3.21. The summed E-state index contributed by atoms with van der Waals surface area (Å²) in [5, 5.41) is 20.8. The van der Waals surface area contributed by atoms with E-state index in [0.717, 1.165) is 17.1 Å². The van der Waals surface area contributed by atoms with Gasteiger partial charge in [-0.25, -0.2) is 13.4 Å². The van der Waals surface area contributed by atoms with Crippen molar-refractivity contribution >= 4 is 50.7 Å². The topological polar surface area (TPSA) is 125 Å². The Morgan fingerprint density at radius 3 is 2.21 bits per heavy atom. The second kappa shape index (κ2) is 11.8. The average Bonchev–Trinajstić information content (AvgIpc) is 2.55. The van der Waals surface area contributed by atoms with Crippen LogP contribution >= 0.6 is 23.2 Å². The molecule has 0 spiro atoms. The molecule has 2 aromatic carbocycles. The summed E-state index contributed by atoms with van der Waals surface area (Å²) in [5.74, 6) is -1.70. The summed E-state index contributed by atoms with van der Waals surface area (Å²) in [5.41, 5.74) is -0.407. The van der Waals surface area contributed by atoms with E-state index in [9.17, 15) is 22.9 Å². The van der Waals surface area contributed by atoms with Gasteiger partial charge >= 0.3 is 59.1 Å². The van der Waals surface area contributed by atoms with E-state index in [0.29, 0.717) is 11.1 Å². The Balaban J connectivity index is 0.00000364. The first-order valence-corrected chi connectivity index (χ1v) is 9.25. The maximum atomic E-state index is 11.5. The Morgan fingerprint density at radius 2 is 1.71 bits per heavy atom. The summed E-state index contributed by atoms with van der Waals surface area (Å²) < 4.78 is 33.5. The van der Waals surface area contributed by atoms with E-state index in [1.54, 1.807) is 6.92 Å². The van der Waals surface area contributed by atoms with Crippen molar-refractivity contribution in [2.75, 3.05) is 11.6 Å². The summed E-state index contributed by atoms with van der Waals surface area (Å²) in [6.45, 7) is 1.99. The van der Waals surface area contributed by atoms with Crippen molar-refractivity contribution in [2.45, 2.75) is 11.8 Å². The third kappa shape index (κ3) is 6.94. The van der Waals surface area contributed by atoms with Crippen LogP contribution in [-0.2, 0) is 10.1 Å². The van der Waals surface area contributed by atoms with E-state index in [1.165, 1.54) is 18.2 Å². The molecule has 0 atom stereocenters. The van der Waals surface area contributed by atoms with Crippen molar-refractivity contribution in [2.24, 2.45) is 10.3 Å². The van der Waals surface area contributed by atoms with Crippen LogP contribution < -0.4 is 69.2 Å². The maximum absolute atomic E-state index is 11.5. The third-order valence-electron chi connectivity index (χ3n) is 3.14. The molecule has 28 heavy (non-hydrogen) atoms. The molecular weight excluding hydrogens is 451 g/mol. The molecule has 138 valence electrons. The van der Waals surface area contributed by atoms with E-state index in [2.05, 4.69) is 10.3 Å². The Kier molecular flexibility index (Phi) is 11.8. The molecule has 0 saturated carbocycles. The summed E-state index contributed by atoms with van der Waals surface area (Å²) >= 11 is 12.0. The van der Waals surface area contributed by atoms with E-state index in [-0.39, 0.29) is 82.1 Å². The smallest absolute Gasteiger partial charge is 0.744 e. The van der Waals surface area contributed by atoms with Crippen LogP contribution in [0.4, 0.5) is 11.4 Å². The summed E-state index contributed by atoms with van der Waals surface area (Å²) in [7, 11) is -4.85. The van der Waals surface area contributed by atoms with Crippen LogP contribution in [0.15, 0.2) is 51.6 Å². The van der Waals surface area contributed by atoms with Gasteiger partial charge in [0.25, 0.3) is 0 Å². The van der Waals surface area contributed by atoms with Gasteiger partial charge in [0.15, 0.2) is 0 Å². The summed E-state index contributed by atoms with van der Waals surface area (Å²) in [4.78, 5) is 10.8. The molecule has 0 aliphatic rings. The van der Waals surface area contributed by atoms with Gasteiger partial charge < -0.3 is 14.5 Å². The average molecular weight is 462 g/mol. The number of benzene rings is 2. The quantitative estimate of drug-likeness (QED) is 0.193. The molecule has 0 heterocycles. The Hall–Kier alpha value is -0.200. The molecule has 2 rings (SSSR count). The van der Waals surface area contributed by atoms with Crippen LogP contribution in [0.3, 0.4) is 0 Å². The fraction of sp³-hybridized carbons (Fsp3) is 0.133. The monoisotopic (exact) mass is 461 g/mol. The molecule has 0 N–H and O–H groups in total. The van der Waals surface area contributed by atoms with Crippen LogP contribution in [0.25, 0.3) is 0 Å². The number of carboxylic acids is 1. The summed E-state index contributed by atoms with van der Waals surface area (Å²) in [6, 6.07) is 7.17. The molecule has 0 fully saturated rings. The number of rotatable bonds is 6. The minimum atomic E-state index is -4.85. The van der Waals surface area contributed by atoms with Crippen molar-refractivity contribution in [1.29, 1.82) is 0 Å². The standard InChI is InChI=1S/C15H13Cl2N3O5S.2Na/c1-2-18-19-20(14-5-3-9(16)7-12(14)17)13-6-4-10(26(23,24)25)8-11(13)15(21)22;;/h3-8H,2H2,1H3,(H,21,22)(H,23,24,25);;/q;2*+1/p-2. The van der Waals surface area contributed by atoms with Crippen molar-refractivity contribution < 1.29 is 82.0 Å². The molecule has 0 unspecified atom stereocenters. The van der Waals surface area contributed by atoms with E-state index in [1.807, 2.05) is 0 Å².